The maximum atomic E-state index is 10.9. The summed E-state index contributed by atoms with van der Waals surface area (Å²) in [6.45, 7) is 6.47. The first kappa shape index (κ1) is 13.3. The van der Waals surface area contributed by atoms with Crippen LogP contribution >= 0.6 is 22.6 Å². The number of benzene rings is 1. The van der Waals surface area contributed by atoms with Crippen LogP contribution in [0.1, 0.15) is 15.9 Å². The Morgan fingerprint density at radius 2 is 2.00 bits per heavy atom. The molecule has 0 aliphatic rings. The van der Waals surface area contributed by atoms with Crippen molar-refractivity contribution in [2.24, 2.45) is 0 Å². The van der Waals surface area contributed by atoms with E-state index in [4.69, 9.17) is 5.11 Å². The SMILES string of the molecule is C[Si](C)(C)C#Cc1ccc(I)c(C(=O)O)c1. The van der Waals surface area contributed by atoms with Gasteiger partial charge < -0.3 is 5.11 Å². The van der Waals surface area contributed by atoms with E-state index in [1.807, 2.05) is 28.7 Å². The summed E-state index contributed by atoms with van der Waals surface area (Å²) < 4.78 is 0.739. The Morgan fingerprint density at radius 1 is 1.38 bits per heavy atom. The minimum absolute atomic E-state index is 0.322. The third-order valence-electron chi connectivity index (χ3n) is 1.78. The van der Waals surface area contributed by atoms with Gasteiger partial charge in [-0.2, -0.15) is 0 Å². The standard InChI is InChI=1S/C12H13IO2Si/c1-16(2,3)7-6-9-4-5-11(13)10(8-9)12(14)15/h4-5,8H,1-3H3,(H,14,15). The summed E-state index contributed by atoms with van der Waals surface area (Å²) in [5.41, 5.74) is 4.32. The Kier molecular flexibility index (Phi) is 4.16. The van der Waals surface area contributed by atoms with Gasteiger partial charge in [0, 0.05) is 9.13 Å². The molecule has 4 heteroatoms. The Labute approximate surface area is 110 Å². The molecule has 0 bridgehead atoms. The molecule has 0 aliphatic carbocycles. The molecule has 0 spiro atoms. The predicted molar refractivity (Wildman–Crippen MR) is 76.3 cm³/mol. The zero-order valence-corrected chi connectivity index (χ0v) is 12.6. The van der Waals surface area contributed by atoms with E-state index in [-0.39, 0.29) is 0 Å². The molecule has 0 aromatic heterocycles. The molecule has 0 saturated heterocycles. The molecule has 16 heavy (non-hydrogen) atoms. The molecule has 0 saturated carbocycles. The highest BCUT2D eigenvalue weighted by Crippen LogP contribution is 2.14. The molecule has 0 fully saturated rings. The highest BCUT2D eigenvalue weighted by molar-refractivity contribution is 14.1. The maximum absolute atomic E-state index is 10.9. The molecular formula is C12H13IO2Si. The van der Waals surface area contributed by atoms with Crippen LogP contribution in [0.5, 0.6) is 0 Å². The van der Waals surface area contributed by atoms with Crippen LogP contribution < -0.4 is 0 Å². The summed E-state index contributed by atoms with van der Waals surface area (Å²) in [6, 6.07) is 5.29. The molecule has 1 N–H and O–H groups in total. The van der Waals surface area contributed by atoms with Crippen LogP contribution in [-0.2, 0) is 0 Å². The second kappa shape index (κ2) is 5.02. The highest BCUT2D eigenvalue weighted by Gasteiger charge is 2.09. The fraction of sp³-hybridized carbons (Fsp3) is 0.250. The second-order valence-electron chi connectivity index (χ2n) is 4.50. The molecule has 84 valence electrons. The van der Waals surface area contributed by atoms with E-state index < -0.39 is 14.0 Å². The summed E-state index contributed by atoms with van der Waals surface area (Å²) in [4.78, 5) is 10.9. The van der Waals surface area contributed by atoms with E-state index in [0.29, 0.717) is 5.56 Å². The van der Waals surface area contributed by atoms with Crippen molar-refractivity contribution in [3.05, 3.63) is 32.9 Å². The van der Waals surface area contributed by atoms with Crippen LogP contribution in [0.4, 0.5) is 0 Å². The van der Waals surface area contributed by atoms with Gasteiger partial charge in [-0.25, -0.2) is 4.79 Å². The number of aromatic carboxylic acids is 1. The van der Waals surface area contributed by atoms with Crippen LogP contribution in [0.25, 0.3) is 0 Å². The molecule has 0 aliphatic heterocycles. The number of hydrogen-bond acceptors (Lipinski definition) is 1. The maximum Gasteiger partial charge on any atom is 0.336 e. The normalized spacial score (nSPS) is 10.5. The van der Waals surface area contributed by atoms with Crippen LogP contribution in [-0.4, -0.2) is 19.1 Å². The summed E-state index contributed by atoms with van der Waals surface area (Å²) in [6.07, 6.45) is 0. The van der Waals surface area contributed by atoms with Crippen LogP contribution in [0.3, 0.4) is 0 Å². The van der Waals surface area contributed by atoms with Gasteiger partial charge in [0.1, 0.15) is 8.07 Å². The van der Waals surface area contributed by atoms with Gasteiger partial charge >= 0.3 is 5.97 Å². The van der Waals surface area contributed by atoms with Gasteiger partial charge in [-0.15, -0.1) is 5.54 Å². The Bertz CT molecular complexity index is 478. The fourth-order valence-corrected chi connectivity index (χ4v) is 2.11. The van der Waals surface area contributed by atoms with Crippen molar-refractivity contribution >= 4 is 36.6 Å². The molecule has 0 radical (unpaired) electrons. The first-order valence-electron chi connectivity index (χ1n) is 4.85. The minimum Gasteiger partial charge on any atom is -0.478 e. The van der Waals surface area contributed by atoms with E-state index in [9.17, 15) is 4.79 Å². The van der Waals surface area contributed by atoms with E-state index in [0.717, 1.165) is 9.13 Å². The molecule has 0 heterocycles. The number of rotatable bonds is 1. The van der Waals surface area contributed by atoms with Gasteiger partial charge in [0.2, 0.25) is 0 Å². The zero-order valence-electron chi connectivity index (χ0n) is 9.47. The lowest BCUT2D eigenvalue weighted by atomic mass is 10.1. The van der Waals surface area contributed by atoms with E-state index in [2.05, 4.69) is 31.1 Å². The molecule has 1 aromatic carbocycles. The van der Waals surface area contributed by atoms with E-state index >= 15 is 0 Å². The zero-order chi connectivity index (χ0) is 12.3. The van der Waals surface area contributed by atoms with Crippen molar-refractivity contribution in [2.75, 3.05) is 0 Å². The first-order chi connectivity index (χ1) is 7.29. The molecular weight excluding hydrogens is 331 g/mol. The van der Waals surface area contributed by atoms with Crippen molar-refractivity contribution in [2.45, 2.75) is 19.6 Å². The van der Waals surface area contributed by atoms with Crippen LogP contribution in [0, 0.1) is 15.0 Å². The lowest BCUT2D eigenvalue weighted by Gasteiger charge is -2.04. The fourth-order valence-electron chi connectivity index (χ4n) is 1.03. The third-order valence-corrected chi connectivity index (χ3v) is 3.59. The first-order valence-corrected chi connectivity index (χ1v) is 9.43. The van der Waals surface area contributed by atoms with Crippen LogP contribution in [0.2, 0.25) is 19.6 Å². The summed E-state index contributed by atoms with van der Waals surface area (Å²) in [5.74, 6) is 2.15. The van der Waals surface area contributed by atoms with Crippen LogP contribution in [0.15, 0.2) is 18.2 Å². The van der Waals surface area contributed by atoms with Crippen molar-refractivity contribution in [1.82, 2.24) is 0 Å². The second-order valence-corrected chi connectivity index (χ2v) is 10.4. The number of carboxylic acid groups (broad SMARTS) is 1. The highest BCUT2D eigenvalue weighted by atomic mass is 127. The lowest BCUT2D eigenvalue weighted by molar-refractivity contribution is 0.0695. The van der Waals surface area contributed by atoms with Gasteiger partial charge in [-0.1, -0.05) is 25.6 Å². The average Bonchev–Trinajstić information content (AvgIpc) is 2.14. The molecule has 0 atom stereocenters. The van der Waals surface area contributed by atoms with Gasteiger partial charge in [-0.05, 0) is 40.8 Å². The van der Waals surface area contributed by atoms with Crippen molar-refractivity contribution in [1.29, 1.82) is 0 Å². The minimum atomic E-state index is -1.41. The van der Waals surface area contributed by atoms with E-state index in [1.165, 1.54) is 0 Å². The van der Waals surface area contributed by atoms with E-state index in [1.54, 1.807) is 12.1 Å². The van der Waals surface area contributed by atoms with Crippen molar-refractivity contribution in [3.63, 3.8) is 0 Å². The molecule has 1 rings (SSSR count). The Balaban J connectivity index is 3.13. The number of halogens is 1. The van der Waals surface area contributed by atoms with Crippen molar-refractivity contribution in [3.8, 4) is 11.5 Å². The molecule has 0 unspecified atom stereocenters. The molecule has 2 nitrogen and oxygen atoms in total. The number of carbonyl (C=O) groups is 1. The third kappa shape index (κ3) is 3.98. The largest absolute Gasteiger partial charge is 0.478 e. The average molecular weight is 344 g/mol. The van der Waals surface area contributed by atoms with Gasteiger partial charge in [-0.3, -0.25) is 0 Å². The van der Waals surface area contributed by atoms with Gasteiger partial charge in [0.05, 0.1) is 5.56 Å². The Hall–Kier alpha value is -0.803. The number of carboxylic acids is 1. The number of hydrogen-bond donors (Lipinski definition) is 1. The summed E-state index contributed by atoms with van der Waals surface area (Å²) >= 11 is 2.02. The predicted octanol–water partition coefficient (Wildman–Crippen LogP) is 3.22. The molecule has 0 amide bonds. The molecule has 1 aromatic rings. The quantitative estimate of drug-likeness (QED) is 0.483. The lowest BCUT2D eigenvalue weighted by Crippen LogP contribution is -2.16. The van der Waals surface area contributed by atoms with Crippen molar-refractivity contribution < 1.29 is 9.90 Å². The summed E-state index contributed by atoms with van der Waals surface area (Å²) in [7, 11) is -1.41. The van der Waals surface area contributed by atoms with Gasteiger partial charge in [0.25, 0.3) is 0 Å². The Morgan fingerprint density at radius 3 is 2.50 bits per heavy atom. The monoisotopic (exact) mass is 344 g/mol. The topological polar surface area (TPSA) is 37.3 Å². The van der Waals surface area contributed by atoms with Gasteiger partial charge in [0.15, 0.2) is 0 Å². The summed E-state index contributed by atoms with van der Waals surface area (Å²) in [5, 5.41) is 8.97. The smallest absolute Gasteiger partial charge is 0.336 e.